The number of hydrogen-bond donors (Lipinski definition) is 1. The third kappa shape index (κ3) is 3.12. The summed E-state index contributed by atoms with van der Waals surface area (Å²) in [5.74, 6) is -1.18. The molecule has 0 unspecified atom stereocenters. The van der Waals surface area contributed by atoms with Gasteiger partial charge in [0, 0.05) is 24.5 Å². The molecule has 1 N–H and O–H groups in total. The minimum absolute atomic E-state index is 0.0849. The molecule has 6 nitrogen and oxygen atoms in total. The highest BCUT2D eigenvalue weighted by Gasteiger charge is 2.13. The molecule has 2 aromatic rings. The SMILES string of the molecule is O=C(O)c1cc(Cc2ccncc2)cc([N+](=O)[O-])c1. The van der Waals surface area contributed by atoms with Gasteiger partial charge in [-0.05, 0) is 35.7 Å². The third-order valence-corrected chi connectivity index (χ3v) is 2.59. The maximum Gasteiger partial charge on any atom is 0.335 e. The summed E-state index contributed by atoms with van der Waals surface area (Å²) in [6.45, 7) is 0. The van der Waals surface area contributed by atoms with Crippen LogP contribution in [0.4, 0.5) is 5.69 Å². The summed E-state index contributed by atoms with van der Waals surface area (Å²) < 4.78 is 0. The maximum absolute atomic E-state index is 10.9. The smallest absolute Gasteiger partial charge is 0.335 e. The average Bonchev–Trinajstić information content (AvgIpc) is 2.39. The number of nitro benzene ring substituents is 1. The molecule has 0 saturated heterocycles. The topological polar surface area (TPSA) is 93.3 Å². The van der Waals surface area contributed by atoms with Gasteiger partial charge in [-0.25, -0.2) is 4.79 Å². The molecule has 1 aromatic heterocycles. The van der Waals surface area contributed by atoms with Gasteiger partial charge in [-0.15, -0.1) is 0 Å². The number of pyridine rings is 1. The first-order valence-corrected chi connectivity index (χ1v) is 5.47. The summed E-state index contributed by atoms with van der Waals surface area (Å²) in [7, 11) is 0. The Balaban J connectivity index is 2.39. The van der Waals surface area contributed by atoms with E-state index in [0.717, 1.165) is 11.6 Å². The molecule has 0 bridgehead atoms. The molecule has 6 heteroatoms. The van der Waals surface area contributed by atoms with Gasteiger partial charge in [-0.2, -0.15) is 0 Å². The summed E-state index contributed by atoms with van der Waals surface area (Å²) in [6.07, 6.45) is 3.65. The fourth-order valence-electron chi connectivity index (χ4n) is 1.74. The highest BCUT2D eigenvalue weighted by Crippen LogP contribution is 2.19. The molecule has 96 valence electrons. The molecule has 0 aliphatic rings. The fraction of sp³-hybridized carbons (Fsp3) is 0.0769. The lowest BCUT2D eigenvalue weighted by Crippen LogP contribution is -2.01. The first-order chi connectivity index (χ1) is 9.06. The first-order valence-electron chi connectivity index (χ1n) is 5.47. The second kappa shape index (κ2) is 5.26. The van der Waals surface area contributed by atoms with Gasteiger partial charge >= 0.3 is 5.97 Å². The summed E-state index contributed by atoms with van der Waals surface area (Å²) >= 11 is 0. The summed E-state index contributed by atoms with van der Waals surface area (Å²) in [6, 6.07) is 7.43. The van der Waals surface area contributed by atoms with E-state index >= 15 is 0 Å². The second-order valence-corrected chi connectivity index (χ2v) is 3.98. The lowest BCUT2D eigenvalue weighted by atomic mass is 10.0. The van der Waals surface area contributed by atoms with Gasteiger partial charge < -0.3 is 5.11 Å². The molecule has 0 aliphatic heterocycles. The van der Waals surface area contributed by atoms with E-state index in [2.05, 4.69) is 4.98 Å². The molecule has 0 atom stereocenters. The fourth-order valence-corrected chi connectivity index (χ4v) is 1.74. The predicted molar refractivity (Wildman–Crippen MR) is 67.1 cm³/mol. The van der Waals surface area contributed by atoms with Crippen LogP contribution in [0.3, 0.4) is 0 Å². The largest absolute Gasteiger partial charge is 0.478 e. The number of rotatable bonds is 4. The molecule has 2 rings (SSSR count). The van der Waals surface area contributed by atoms with Crippen LogP contribution < -0.4 is 0 Å². The average molecular weight is 258 g/mol. The van der Waals surface area contributed by atoms with Crippen LogP contribution in [0, 0.1) is 10.1 Å². The van der Waals surface area contributed by atoms with Crippen molar-refractivity contribution in [2.24, 2.45) is 0 Å². The van der Waals surface area contributed by atoms with Crippen LogP contribution >= 0.6 is 0 Å². The molecule has 0 spiro atoms. The summed E-state index contributed by atoms with van der Waals surface area (Å²) in [4.78, 5) is 25.0. The summed E-state index contributed by atoms with van der Waals surface area (Å²) in [5.41, 5.74) is 1.19. The van der Waals surface area contributed by atoms with Crippen LogP contribution in [0.25, 0.3) is 0 Å². The highest BCUT2D eigenvalue weighted by atomic mass is 16.6. The van der Waals surface area contributed by atoms with Gasteiger partial charge in [0.2, 0.25) is 0 Å². The van der Waals surface area contributed by atoms with Crippen molar-refractivity contribution in [2.75, 3.05) is 0 Å². The number of aromatic carboxylic acids is 1. The number of carboxylic acids is 1. The van der Waals surface area contributed by atoms with Crippen LogP contribution in [-0.2, 0) is 6.42 Å². The highest BCUT2D eigenvalue weighted by molar-refractivity contribution is 5.88. The van der Waals surface area contributed by atoms with Gasteiger partial charge in [0.25, 0.3) is 5.69 Å². The van der Waals surface area contributed by atoms with Gasteiger partial charge in [0.15, 0.2) is 0 Å². The molecule has 0 aliphatic carbocycles. The molecule has 19 heavy (non-hydrogen) atoms. The van der Waals surface area contributed by atoms with Crippen LogP contribution in [-0.4, -0.2) is 21.0 Å². The summed E-state index contributed by atoms with van der Waals surface area (Å²) in [5, 5.41) is 19.7. The van der Waals surface area contributed by atoms with Crippen LogP contribution in [0.2, 0.25) is 0 Å². The molecule has 0 fully saturated rings. The van der Waals surface area contributed by atoms with Crippen molar-refractivity contribution in [3.8, 4) is 0 Å². The van der Waals surface area contributed by atoms with Crippen LogP contribution in [0.15, 0.2) is 42.7 Å². The van der Waals surface area contributed by atoms with E-state index in [1.54, 1.807) is 24.5 Å². The van der Waals surface area contributed by atoms with Crippen molar-refractivity contribution >= 4 is 11.7 Å². The van der Waals surface area contributed by atoms with Gasteiger partial charge in [0.1, 0.15) is 0 Å². The van der Waals surface area contributed by atoms with E-state index in [0.29, 0.717) is 12.0 Å². The standard InChI is InChI=1S/C13H10N2O4/c16-13(17)11-6-10(7-12(8-11)15(18)19)5-9-1-3-14-4-2-9/h1-4,6-8H,5H2,(H,16,17). The van der Waals surface area contributed by atoms with E-state index in [1.807, 2.05) is 0 Å². The Morgan fingerprint density at radius 3 is 2.47 bits per heavy atom. The zero-order valence-corrected chi connectivity index (χ0v) is 9.81. The minimum Gasteiger partial charge on any atom is -0.478 e. The Morgan fingerprint density at radius 2 is 1.89 bits per heavy atom. The van der Waals surface area contributed by atoms with E-state index in [4.69, 9.17) is 5.11 Å². The van der Waals surface area contributed by atoms with Crippen molar-refractivity contribution in [2.45, 2.75) is 6.42 Å². The first kappa shape index (κ1) is 12.7. The molecule has 0 radical (unpaired) electrons. The number of non-ortho nitro benzene ring substituents is 1. The zero-order valence-electron chi connectivity index (χ0n) is 9.81. The Kier molecular flexibility index (Phi) is 3.51. The number of benzene rings is 1. The van der Waals surface area contributed by atoms with Crippen LogP contribution in [0.5, 0.6) is 0 Å². The van der Waals surface area contributed by atoms with Gasteiger partial charge in [-0.3, -0.25) is 15.1 Å². The maximum atomic E-state index is 10.9. The van der Waals surface area contributed by atoms with Crippen molar-refractivity contribution in [1.29, 1.82) is 0 Å². The van der Waals surface area contributed by atoms with E-state index in [1.165, 1.54) is 12.1 Å². The van der Waals surface area contributed by atoms with E-state index in [9.17, 15) is 14.9 Å². The predicted octanol–water partition coefficient (Wildman–Crippen LogP) is 2.28. The van der Waals surface area contributed by atoms with E-state index < -0.39 is 10.9 Å². The Bertz CT molecular complexity index is 594. The van der Waals surface area contributed by atoms with Gasteiger partial charge in [-0.1, -0.05) is 0 Å². The number of carbonyl (C=O) groups is 1. The molecule has 1 heterocycles. The number of hydrogen-bond acceptors (Lipinski definition) is 4. The van der Waals surface area contributed by atoms with Crippen LogP contribution in [0.1, 0.15) is 21.5 Å². The van der Waals surface area contributed by atoms with Gasteiger partial charge in [0.05, 0.1) is 10.5 Å². The van der Waals surface area contributed by atoms with Crippen molar-refractivity contribution in [3.63, 3.8) is 0 Å². The van der Waals surface area contributed by atoms with E-state index in [-0.39, 0.29) is 11.3 Å². The normalized spacial score (nSPS) is 10.1. The molecular formula is C13H10N2O4. The molecular weight excluding hydrogens is 248 g/mol. The number of carboxylic acid groups (broad SMARTS) is 1. The number of nitrogens with zero attached hydrogens (tertiary/aromatic N) is 2. The Morgan fingerprint density at radius 1 is 1.21 bits per heavy atom. The van der Waals surface area contributed by atoms with Crippen molar-refractivity contribution < 1.29 is 14.8 Å². The minimum atomic E-state index is -1.18. The lowest BCUT2D eigenvalue weighted by Gasteiger charge is -2.03. The molecule has 1 aromatic carbocycles. The third-order valence-electron chi connectivity index (χ3n) is 2.59. The lowest BCUT2D eigenvalue weighted by molar-refractivity contribution is -0.384. The quantitative estimate of drug-likeness (QED) is 0.670. The molecule has 0 amide bonds. The number of nitro groups is 1. The number of aromatic nitrogens is 1. The second-order valence-electron chi connectivity index (χ2n) is 3.98. The monoisotopic (exact) mass is 258 g/mol. The Hall–Kier alpha value is -2.76. The van der Waals surface area contributed by atoms with Crippen molar-refractivity contribution in [3.05, 3.63) is 69.5 Å². The molecule has 0 saturated carbocycles. The van der Waals surface area contributed by atoms with Crippen molar-refractivity contribution in [1.82, 2.24) is 4.98 Å². The zero-order chi connectivity index (χ0) is 13.8. The Labute approximate surface area is 108 Å².